The van der Waals surface area contributed by atoms with Gasteiger partial charge in [-0.3, -0.25) is 9.78 Å². The molecule has 88 valence electrons. The van der Waals surface area contributed by atoms with E-state index in [4.69, 9.17) is 5.73 Å². The van der Waals surface area contributed by atoms with Gasteiger partial charge in [0.2, 0.25) is 0 Å². The first-order valence-electron chi connectivity index (χ1n) is 5.78. The lowest BCUT2D eigenvalue weighted by atomic mass is 9.98. The van der Waals surface area contributed by atoms with Crippen molar-refractivity contribution in [1.29, 1.82) is 0 Å². The zero-order chi connectivity index (χ0) is 11.5. The van der Waals surface area contributed by atoms with Gasteiger partial charge in [-0.15, -0.1) is 0 Å². The summed E-state index contributed by atoms with van der Waals surface area (Å²) in [6.07, 6.45) is 4.97. The Balaban J connectivity index is 2.47. The molecule has 1 aromatic rings. The van der Waals surface area contributed by atoms with E-state index < -0.39 is 5.69 Å². The molecule has 1 aliphatic carbocycles. The lowest BCUT2D eigenvalue weighted by Gasteiger charge is -2.13. The summed E-state index contributed by atoms with van der Waals surface area (Å²) in [4.78, 5) is 28.0. The van der Waals surface area contributed by atoms with Crippen LogP contribution in [0, 0.1) is 0 Å². The summed E-state index contributed by atoms with van der Waals surface area (Å²) in [6.45, 7) is 0.425. The molecule has 1 aliphatic rings. The fourth-order valence-electron chi connectivity index (χ4n) is 2.49. The van der Waals surface area contributed by atoms with Gasteiger partial charge in [0.1, 0.15) is 0 Å². The summed E-state index contributed by atoms with van der Waals surface area (Å²) in [5.74, 6) is 0.330. The minimum atomic E-state index is -0.410. The molecule has 0 atom stereocenters. The Morgan fingerprint density at radius 3 is 2.50 bits per heavy atom. The van der Waals surface area contributed by atoms with Crippen molar-refractivity contribution < 1.29 is 0 Å². The molecular formula is C11H17N3O2. The highest BCUT2D eigenvalue weighted by Crippen LogP contribution is 2.33. The molecule has 0 aliphatic heterocycles. The Morgan fingerprint density at radius 1 is 1.19 bits per heavy atom. The molecule has 5 heteroatoms. The number of nitrogens with one attached hydrogen (secondary N) is 2. The topological polar surface area (TPSA) is 91.7 Å². The number of aromatic amines is 2. The third-order valence-corrected chi connectivity index (χ3v) is 3.23. The summed E-state index contributed by atoms with van der Waals surface area (Å²) in [5.41, 5.74) is 6.28. The maximum absolute atomic E-state index is 11.7. The van der Waals surface area contributed by atoms with Gasteiger partial charge < -0.3 is 10.7 Å². The second kappa shape index (κ2) is 4.65. The van der Waals surface area contributed by atoms with Gasteiger partial charge in [0.05, 0.1) is 0 Å². The van der Waals surface area contributed by atoms with Crippen molar-refractivity contribution in [3.05, 3.63) is 32.1 Å². The third kappa shape index (κ3) is 2.09. The summed E-state index contributed by atoms with van der Waals surface area (Å²) in [7, 11) is 0. The van der Waals surface area contributed by atoms with Gasteiger partial charge in [0, 0.05) is 11.3 Å². The highest BCUT2D eigenvalue weighted by Gasteiger charge is 2.22. The van der Waals surface area contributed by atoms with Crippen molar-refractivity contribution in [3.8, 4) is 0 Å². The molecule has 1 fully saturated rings. The first-order chi connectivity index (χ1) is 7.72. The molecule has 0 saturated heterocycles. The molecule has 4 N–H and O–H groups in total. The van der Waals surface area contributed by atoms with Crippen molar-refractivity contribution in [1.82, 2.24) is 9.97 Å². The molecule has 0 amide bonds. The van der Waals surface area contributed by atoms with Crippen LogP contribution in [0.15, 0.2) is 9.59 Å². The van der Waals surface area contributed by atoms with Gasteiger partial charge in [-0.2, -0.15) is 0 Å². The molecule has 0 bridgehead atoms. The second-order valence-corrected chi connectivity index (χ2v) is 4.32. The number of aromatic nitrogens is 2. The highest BCUT2D eigenvalue weighted by atomic mass is 16.2. The number of hydrogen-bond donors (Lipinski definition) is 3. The van der Waals surface area contributed by atoms with Crippen molar-refractivity contribution in [2.75, 3.05) is 6.54 Å². The molecule has 0 radical (unpaired) electrons. The minimum absolute atomic E-state index is 0.281. The van der Waals surface area contributed by atoms with Crippen LogP contribution in [0.1, 0.15) is 42.9 Å². The Hall–Kier alpha value is -1.36. The first-order valence-corrected chi connectivity index (χ1v) is 5.78. The Bertz CT molecular complexity index is 469. The summed E-state index contributed by atoms with van der Waals surface area (Å²) < 4.78 is 0. The smallest absolute Gasteiger partial charge is 0.325 e. The molecule has 1 aromatic heterocycles. The van der Waals surface area contributed by atoms with Crippen LogP contribution in [0.3, 0.4) is 0 Å². The largest absolute Gasteiger partial charge is 0.330 e. The number of nitrogens with two attached hydrogens (primary N) is 1. The molecule has 5 nitrogen and oxygen atoms in total. The zero-order valence-corrected chi connectivity index (χ0v) is 9.21. The number of rotatable bonds is 3. The normalized spacial score (nSPS) is 16.8. The van der Waals surface area contributed by atoms with E-state index in [0.717, 1.165) is 18.5 Å². The van der Waals surface area contributed by atoms with Gasteiger partial charge in [0.15, 0.2) is 0 Å². The monoisotopic (exact) mass is 223 g/mol. The van der Waals surface area contributed by atoms with Crippen LogP contribution < -0.4 is 17.0 Å². The Morgan fingerprint density at radius 2 is 1.88 bits per heavy atom. The highest BCUT2D eigenvalue weighted by molar-refractivity contribution is 5.21. The van der Waals surface area contributed by atoms with E-state index in [1.165, 1.54) is 12.8 Å². The van der Waals surface area contributed by atoms with E-state index in [-0.39, 0.29) is 5.56 Å². The van der Waals surface area contributed by atoms with Gasteiger partial charge in [-0.05, 0) is 31.7 Å². The molecule has 16 heavy (non-hydrogen) atoms. The molecular weight excluding hydrogens is 206 g/mol. The molecule has 2 rings (SSSR count). The SMILES string of the molecule is NCCc1c(C2CCCC2)[nH]c(=O)[nH]c1=O. The Labute approximate surface area is 93.1 Å². The van der Waals surface area contributed by atoms with Crippen LogP contribution in [0.5, 0.6) is 0 Å². The van der Waals surface area contributed by atoms with E-state index in [1.807, 2.05) is 0 Å². The molecule has 0 spiro atoms. The summed E-state index contributed by atoms with van der Waals surface area (Å²) >= 11 is 0. The molecule has 0 aromatic carbocycles. The molecule has 0 unspecified atom stereocenters. The van der Waals surface area contributed by atoms with Crippen molar-refractivity contribution in [3.63, 3.8) is 0 Å². The van der Waals surface area contributed by atoms with Crippen LogP contribution >= 0.6 is 0 Å². The fourth-order valence-corrected chi connectivity index (χ4v) is 2.49. The van der Waals surface area contributed by atoms with E-state index in [2.05, 4.69) is 9.97 Å². The predicted octanol–water partition coefficient (Wildman–Crippen LogP) is 0.222. The predicted molar refractivity (Wildman–Crippen MR) is 61.7 cm³/mol. The fraction of sp³-hybridized carbons (Fsp3) is 0.636. The lowest BCUT2D eigenvalue weighted by Crippen LogP contribution is -2.30. The maximum atomic E-state index is 11.7. The van der Waals surface area contributed by atoms with Crippen LogP contribution in [0.25, 0.3) is 0 Å². The number of H-pyrrole nitrogens is 2. The van der Waals surface area contributed by atoms with Crippen molar-refractivity contribution in [2.24, 2.45) is 5.73 Å². The quantitative estimate of drug-likeness (QED) is 0.684. The van der Waals surface area contributed by atoms with E-state index in [0.29, 0.717) is 24.4 Å². The summed E-state index contributed by atoms with van der Waals surface area (Å²) in [5, 5.41) is 0. The Kier molecular flexibility index (Phi) is 3.24. The average molecular weight is 223 g/mol. The van der Waals surface area contributed by atoms with Crippen LogP contribution in [-0.4, -0.2) is 16.5 Å². The minimum Gasteiger partial charge on any atom is -0.330 e. The van der Waals surface area contributed by atoms with Crippen LogP contribution in [-0.2, 0) is 6.42 Å². The van der Waals surface area contributed by atoms with E-state index in [9.17, 15) is 9.59 Å². The van der Waals surface area contributed by atoms with Crippen molar-refractivity contribution >= 4 is 0 Å². The van der Waals surface area contributed by atoms with Gasteiger partial charge >= 0.3 is 5.69 Å². The van der Waals surface area contributed by atoms with Gasteiger partial charge in [-0.1, -0.05) is 12.8 Å². The van der Waals surface area contributed by atoms with Gasteiger partial charge in [0.25, 0.3) is 5.56 Å². The van der Waals surface area contributed by atoms with Gasteiger partial charge in [-0.25, -0.2) is 4.79 Å². The van der Waals surface area contributed by atoms with Crippen LogP contribution in [0.4, 0.5) is 0 Å². The zero-order valence-electron chi connectivity index (χ0n) is 9.21. The third-order valence-electron chi connectivity index (χ3n) is 3.23. The van der Waals surface area contributed by atoms with E-state index in [1.54, 1.807) is 0 Å². The van der Waals surface area contributed by atoms with Crippen LogP contribution in [0.2, 0.25) is 0 Å². The maximum Gasteiger partial charge on any atom is 0.325 e. The standard InChI is InChI=1S/C11H17N3O2/c12-6-5-8-9(7-3-1-2-4-7)13-11(16)14-10(8)15/h7H,1-6,12H2,(H2,13,14,15,16). The second-order valence-electron chi connectivity index (χ2n) is 4.32. The summed E-state index contributed by atoms with van der Waals surface area (Å²) in [6, 6.07) is 0. The lowest BCUT2D eigenvalue weighted by molar-refractivity contribution is 0.668. The molecule has 1 saturated carbocycles. The average Bonchev–Trinajstić information content (AvgIpc) is 2.75. The molecule has 1 heterocycles. The van der Waals surface area contributed by atoms with E-state index >= 15 is 0 Å². The number of hydrogen-bond acceptors (Lipinski definition) is 3. The van der Waals surface area contributed by atoms with Crippen molar-refractivity contribution in [2.45, 2.75) is 38.0 Å². The first kappa shape index (κ1) is 11.1.